The number of methoxy groups -OCH3 is 1. The summed E-state index contributed by atoms with van der Waals surface area (Å²) in [6, 6.07) is 7.23. The molecule has 2 aromatic rings. The van der Waals surface area contributed by atoms with E-state index >= 15 is 0 Å². The topological polar surface area (TPSA) is 81.6 Å². The number of rotatable bonds is 5. The molecule has 1 aromatic heterocycles. The van der Waals surface area contributed by atoms with Crippen LogP contribution in [-0.4, -0.2) is 50.9 Å². The van der Waals surface area contributed by atoms with Crippen LogP contribution in [0.2, 0.25) is 0 Å². The van der Waals surface area contributed by atoms with Crippen molar-refractivity contribution in [3.05, 3.63) is 36.7 Å². The van der Waals surface area contributed by atoms with Gasteiger partial charge in [0.15, 0.2) is 15.6 Å². The molecule has 0 amide bonds. The lowest BCUT2D eigenvalue weighted by atomic mass is 10.3. The molecule has 2 heterocycles. The Morgan fingerprint density at radius 1 is 1.17 bits per heavy atom. The molecule has 8 heteroatoms. The van der Waals surface area contributed by atoms with Crippen LogP contribution in [0, 0.1) is 0 Å². The van der Waals surface area contributed by atoms with Gasteiger partial charge in [-0.15, -0.1) is 0 Å². The highest BCUT2D eigenvalue weighted by atomic mass is 32.2. The van der Waals surface area contributed by atoms with Crippen molar-refractivity contribution in [3.63, 3.8) is 0 Å². The van der Waals surface area contributed by atoms with Crippen LogP contribution < -0.4 is 14.4 Å². The molecule has 0 spiro atoms. The molecule has 128 valence electrons. The van der Waals surface area contributed by atoms with E-state index in [2.05, 4.69) is 14.9 Å². The monoisotopic (exact) mass is 349 g/mol. The van der Waals surface area contributed by atoms with Gasteiger partial charge >= 0.3 is 6.01 Å². The first-order chi connectivity index (χ1) is 11.5. The number of hydrogen-bond donors (Lipinski definition) is 0. The van der Waals surface area contributed by atoms with Crippen molar-refractivity contribution in [2.24, 2.45) is 0 Å². The number of anilines is 1. The fourth-order valence-corrected chi connectivity index (χ4v) is 3.21. The highest BCUT2D eigenvalue weighted by Gasteiger charge is 2.25. The highest BCUT2D eigenvalue weighted by Crippen LogP contribution is 2.24. The molecule has 1 saturated heterocycles. The second-order valence-corrected chi connectivity index (χ2v) is 7.66. The summed E-state index contributed by atoms with van der Waals surface area (Å²) in [4.78, 5) is 10.7. The van der Waals surface area contributed by atoms with Gasteiger partial charge in [-0.1, -0.05) is 0 Å². The maximum atomic E-state index is 11.5. The average Bonchev–Trinajstić information content (AvgIpc) is 3.03. The van der Waals surface area contributed by atoms with Gasteiger partial charge in [0.05, 0.1) is 30.9 Å². The first kappa shape index (κ1) is 16.5. The summed E-state index contributed by atoms with van der Waals surface area (Å²) < 4.78 is 33.8. The lowest BCUT2D eigenvalue weighted by molar-refractivity contribution is 0.205. The van der Waals surface area contributed by atoms with E-state index in [1.807, 2.05) is 12.1 Å². The molecule has 1 fully saturated rings. The van der Waals surface area contributed by atoms with Crippen molar-refractivity contribution >= 4 is 15.5 Å². The van der Waals surface area contributed by atoms with E-state index in [0.717, 1.165) is 18.7 Å². The first-order valence-corrected chi connectivity index (χ1v) is 9.42. The second kappa shape index (κ2) is 6.64. The van der Waals surface area contributed by atoms with Gasteiger partial charge in [-0.05, 0) is 24.3 Å². The van der Waals surface area contributed by atoms with Crippen molar-refractivity contribution in [1.29, 1.82) is 0 Å². The fourth-order valence-electron chi connectivity index (χ4n) is 2.58. The molecule has 0 N–H and O–H groups in total. The first-order valence-electron chi connectivity index (χ1n) is 7.53. The number of hydrogen-bond acceptors (Lipinski definition) is 7. The van der Waals surface area contributed by atoms with Crippen LogP contribution in [0.3, 0.4) is 0 Å². The van der Waals surface area contributed by atoms with Gasteiger partial charge in [0.1, 0.15) is 6.10 Å². The van der Waals surface area contributed by atoms with Crippen LogP contribution in [0.5, 0.6) is 11.8 Å². The van der Waals surface area contributed by atoms with Crippen molar-refractivity contribution in [3.8, 4) is 11.8 Å². The van der Waals surface area contributed by atoms with Crippen molar-refractivity contribution < 1.29 is 17.9 Å². The van der Waals surface area contributed by atoms with Crippen LogP contribution in [-0.2, 0) is 9.84 Å². The molecule has 0 saturated carbocycles. The van der Waals surface area contributed by atoms with Crippen LogP contribution in [0.4, 0.5) is 5.69 Å². The Morgan fingerprint density at radius 2 is 1.83 bits per heavy atom. The largest absolute Gasteiger partial charge is 0.494 e. The van der Waals surface area contributed by atoms with E-state index in [1.54, 1.807) is 31.6 Å². The molecular weight excluding hydrogens is 330 g/mol. The van der Waals surface area contributed by atoms with Crippen molar-refractivity contribution in [2.45, 2.75) is 17.4 Å². The molecule has 7 nitrogen and oxygen atoms in total. The maximum absolute atomic E-state index is 11.5. The summed E-state index contributed by atoms with van der Waals surface area (Å²) in [5.41, 5.74) is 0.976. The molecule has 24 heavy (non-hydrogen) atoms. The van der Waals surface area contributed by atoms with Crippen LogP contribution >= 0.6 is 0 Å². The zero-order valence-corrected chi connectivity index (χ0v) is 14.4. The van der Waals surface area contributed by atoms with Crippen LogP contribution in [0.15, 0.2) is 41.6 Å². The SMILES string of the molecule is COc1cnc(OC2CCN(c3ccc(S(C)(=O)=O)cc3)C2)nc1. The summed E-state index contributed by atoms with van der Waals surface area (Å²) >= 11 is 0. The number of aromatic nitrogens is 2. The van der Waals surface area contributed by atoms with Gasteiger partial charge in [0.25, 0.3) is 0 Å². The van der Waals surface area contributed by atoms with Gasteiger partial charge in [-0.3, -0.25) is 0 Å². The quantitative estimate of drug-likeness (QED) is 0.810. The summed E-state index contributed by atoms with van der Waals surface area (Å²) in [5.74, 6) is 0.585. The van der Waals surface area contributed by atoms with Gasteiger partial charge in [0, 0.05) is 24.9 Å². The predicted octanol–water partition coefficient (Wildman–Crippen LogP) is 1.55. The molecule has 1 aliphatic rings. The predicted molar refractivity (Wildman–Crippen MR) is 89.4 cm³/mol. The van der Waals surface area contributed by atoms with Crippen LogP contribution in [0.1, 0.15) is 6.42 Å². The minimum atomic E-state index is -3.17. The standard InChI is InChI=1S/C16H19N3O4S/c1-22-14-9-17-16(18-10-14)23-13-7-8-19(11-13)12-3-5-15(6-4-12)24(2,20)21/h3-6,9-10,13H,7-8,11H2,1-2H3. The van der Waals surface area contributed by atoms with Gasteiger partial charge in [0.2, 0.25) is 0 Å². The second-order valence-electron chi connectivity index (χ2n) is 5.65. The van der Waals surface area contributed by atoms with E-state index in [-0.39, 0.29) is 6.10 Å². The van der Waals surface area contributed by atoms with Gasteiger partial charge in [-0.25, -0.2) is 8.42 Å². The van der Waals surface area contributed by atoms with E-state index in [9.17, 15) is 8.42 Å². The molecule has 1 unspecified atom stereocenters. The molecule has 3 rings (SSSR count). The Morgan fingerprint density at radius 3 is 2.42 bits per heavy atom. The third-order valence-corrected chi connectivity index (χ3v) is 5.02. The lowest BCUT2D eigenvalue weighted by Crippen LogP contribution is -2.25. The molecular formula is C16H19N3O4S. The number of benzene rings is 1. The number of nitrogens with zero attached hydrogens (tertiary/aromatic N) is 3. The fraction of sp³-hybridized carbons (Fsp3) is 0.375. The third kappa shape index (κ3) is 3.76. The van der Waals surface area contributed by atoms with Crippen molar-refractivity contribution in [1.82, 2.24) is 9.97 Å². The summed E-state index contributed by atoms with van der Waals surface area (Å²) in [6.07, 6.45) is 5.19. The van der Waals surface area contributed by atoms with Gasteiger partial charge in [-0.2, -0.15) is 9.97 Å². The van der Waals surface area contributed by atoms with E-state index < -0.39 is 9.84 Å². The van der Waals surface area contributed by atoms with Crippen molar-refractivity contribution in [2.75, 3.05) is 31.4 Å². The van der Waals surface area contributed by atoms with E-state index in [1.165, 1.54) is 6.26 Å². The number of sulfone groups is 1. The average molecular weight is 349 g/mol. The Labute approximate surface area is 141 Å². The lowest BCUT2D eigenvalue weighted by Gasteiger charge is -2.19. The molecule has 1 aromatic carbocycles. The Bertz CT molecular complexity index is 791. The van der Waals surface area contributed by atoms with Gasteiger partial charge < -0.3 is 14.4 Å². The molecule has 1 atom stereocenters. The maximum Gasteiger partial charge on any atom is 0.316 e. The van der Waals surface area contributed by atoms with E-state index in [4.69, 9.17) is 9.47 Å². The number of ether oxygens (including phenoxy) is 2. The summed E-state index contributed by atoms with van der Waals surface area (Å²) in [5, 5.41) is 0. The molecule has 0 bridgehead atoms. The molecule has 0 radical (unpaired) electrons. The zero-order valence-electron chi connectivity index (χ0n) is 13.5. The summed E-state index contributed by atoms with van der Waals surface area (Å²) in [6.45, 7) is 1.53. The molecule has 0 aliphatic carbocycles. The molecule has 1 aliphatic heterocycles. The normalized spacial score (nSPS) is 17.8. The minimum Gasteiger partial charge on any atom is -0.494 e. The summed E-state index contributed by atoms with van der Waals surface area (Å²) in [7, 11) is -1.61. The smallest absolute Gasteiger partial charge is 0.316 e. The third-order valence-electron chi connectivity index (χ3n) is 3.89. The van der Waals surface area contributed by atoms with E-state index in [0.29, 0.717) is 23.2 Å². The Balaban J connectivity index is 1.62. The highest BCUT2D eigenvalue weighted by molar-refractivity contribution is 7.90. The Hall–Kier alpha value is -2.35. The van der Waals surface area contributed by atoms with Crippen LogP contribution in [0.25, 0.3) is 0 Å². The Kier molecular flexibility index (Phi) is 4.57. The zero-order chi connectivity index (χ0) is 17.2. The minimum absolute atomic E-state index is 0.00650.